The highest BCUT2D eigenvalue weighted by Gasteiger charge is 2.18. The SMILES string of the molecule is CC(C)OCCCCNCC(CNC(=O)OC(C)(C)C)C(C)C. The van der Waals surface area contributed by atoms with E-state index in [1.165, 1.54) is 0 Å². The molecule has 0 aliphatic rings. The molecule has 0 aliphatic carbocycles. The number of hydrogen-bond acceptors (Lipinski definition) is 4. The van der Waals surface area contributed by atoms with E-state index >= 15 is 0 Å². The van der Waals surface area contributed by atoms with E-state index in [-0.39, 0.29) is 6.09 Å². The van der Waals surface area contributed by atoms with Gasteiger partial charge in [0.25, 0.3) is 0 Å². The van der Waals surface area contributed by atoms with Gasteiger partial charge in [0.15, 0.2) is 0 Å². The number of carbonyl (C=O) groups excluding carboxylic acids is 1. The number of carbonyl (C=O) groups is 1. The fourth-order valence-electron chi connectivity index (χ4n) is 2.03. The van der Waals surface area contributed by atoms with E-state index in [4.69, 9.17) is 9.47 Å². The van der Waals surface area contributed by atoms with E-state index in [1.807, 2.05) is 20.8 Å². The Morgan fingerprint density at radius 2 is 1.70 bits per heavy atom. The Hall–Kier alpha value is -0.810. The van der Waals surface area contributed by atoms with Gasteiger partial charge in [0.2, 0.25) is 0 Å². The number of amides is 1. The summed E-state index contributed by atoms with van der Waals surface area (Å²) < 4.78 is 10.8. The molecule has 0 aliphatic heterocycles. The normalized spacial score (nSPS) is 13.4. The summed E-state index contributed by atoms with van der Waals surface area (Å²) in [5, 5.41) is 6.35. The molecule has 5 heteroatoms. The Labute approximate surface area is 142 Å². The molecule has 0 spiro atoms. The number of rotatable bonds is 11. The van der Waals surface area contributed by atoms with Crippen LogP contribution in [0.1, 0.15) is 61.3 Å². The third kappa shape index (κ3) is 14.5. The standard InChI is InChI=1S/C18H38N2O3/c1-14(2)16(13-20-17(21)23-18(5,6)7)12-19-10-8-9-11-22-15(3)4/h14-16,19H,8-13H2,1-7H3,(H,20,21). The lowest BCUT2D eigenvalue weighted by Gasteiger charge is -2.24. The Kier molecular flexibility index (Phi) is 11.3. The first kappa shape index (κ1) is 22.2. The maximum Gasteiger partial charge on any atom is 0.407 e. The molecule has 1 unspecified atom stereocenters. The van der Waals surface area contributed by atoms with Crippen molar-refractivity contribution in [1.29, 1.82) is 0 Å². The molecule has 0 aromatic rings. The van der Waals surface area contributed by atoms with Crippen molar-refractivity contribution >= 4 is 6.09 Å². The molecular weight excluding hydrogens is 292 g/mol. The van der Waals surface area contributed by atoms with Crippen LogP contribution in [0.5, 0.6) is 0 Å². The van der Waals surface area contributed by atoms with E-state index in [9.17, 15) is 4.79 Å². The van der Waals surface area contributed by atoms with Crippen molar-refractivity contribution in [1.82, 2.24) is 10.6 Å². The van der Waals surface area contributed by atoms with Gasteiger partial charge in [0, 0.05) is 13.2 Å². The van der Waals surface area contributed by atoms with Crippen molar-refractivity contribution in [3.8, 4) is 0 Å². The van der Waals surface area contributed by atoms with E-state index in [0.29, 0.717) is 24.5 Å². The van der Waals surface area contributed by atoms with Gasteiger partial charge in [0.05, 0.1) is 6.10 Å². The van der Waals surface area contributed by atoms with Gasteiger partial charge >= 0.3 is 6.09 Å². The minimum atomic E-state index is -0.451. The highest BCUT2D eigenvalue weighted by atomic mass is 16.6. The molecule has 0 aromatic carbocycles. The minimum absolute atomic E-state index is 0.312. The number of hydrogen-bond donors (Lipinski definition) is 2. The van der Waals surface area contributed by atoms with Crippen LogP contribution in [0.25, 0.3) is 0 Å². The molecule has 0 radical (unpaired) electrons. The lowest BCUT2D eigenvalue weighted by Crippen LogP contribution is -2.39. The van der Waals surface area contributed by atoms with Crippen LogP contribution in [0.3, 0.4) is 0 Å². The van der Waals surface area contributed by atoms with Crippen molar-refractivity contribution in [2.45, 2.75) is 73.0 Å². The molecule has 0 saturated heterocycles. The summed E-state index contributed by atoms with van der Waals surface area (Å²) in [6, 6.07) is 0. The second-order valence-corrected chi connectivity index (χ2v) is 7.72. The van der Waals surface area contributed by atoms with Gasteiger partial charge in [-0.2, -0.15) is 0 Å². The summed E-state index contributed by atoms with van der Waals surface area (Å²) in [6.45, 7) is 17.4. The summed E-state index contributed by atoms with van der Waals surface area (Å²) in [5.41, 5.74) is -0.451. The largest absolute Gasteiger partial charge is 0.444 e. The van der Waals surface area contributed by atoms with Crippen LogP contribution in [0, 0.1) is 11.8 Å². The smallest absolute Gasteiger partial charge is 0.407 e. The number of unbranched alkanes of at least 4 members (excludes halogenated alkanes) is 1. The van der Waals surface area contributed by atoms with E-state index in [0.717, 1.165) is 32.5 Å². The summed E-state index contributed by atoms with van der Waals surface area (Å²) in [4.78, 5) is 11.7. The Morgan fingerprint density at radius 3 is 2.22 bits per heavy atom. The van der Waals surface area contributed by atoms with Gasteiger partial charge in [-0.3, -0.25) is 0 Å². The zero-order valence-electron chi connectivity index (χ0n) is 16.2. The lowest BCUT2D eigenvalue weighted by molar-refractivity contribution is 0.0514. The predicted molar refractivity (Wildman–Crippen MR) is 95.8 cm³/mol. The maximum atomic E-state index is 11.7. The van der Waals surface area contributed by atoms with Crippen molar-refractivity contribution in [2.24, 2.45) is 11.8 Å². The monoisotopic (exact) mass is 330 g/mol. The van der Waals surface area contributed by atoms with Crippen molar-refractivity contribution in [3.05, 3.63) is 0 Å². The second-order valence-electron chi connectivity index (χ2n) is 7.72. The fraction of sp³-hybridized carbons (Fsp3) is 0.944. The van der Waals surface area contributed by atoms with Crippen molar-refractivity contribution in [2.75, 3.05) is 26.2 Å². The van der Waals surface area contributed by atoms with Crippen LogP contribution >= 0.6 is 0 Å². The quantitative estimate of drug-likeness (QED) is 0.569. The number of nitrogens with one attached hydrogen (secondary N) is 2. The van der Waals surface area contributed by atoms with Crippen LogP contribution in [0.15, 0.2) is 0 Å². The topological polar surface area (TPSA) is 59.6 Å². The molecule has 0 bridgehead atoms. The van der Waals surface area contributed by atoms with Gasteiger partial charge in [-0.1, -0.05) is 13.8 Å². The molecule has 138 valence electrons. The van der Waals surface area contributed by atoms with Crippen LogP contribution in [-0.4, -0.2) is 44.0 Å². The summed E-state index contributed by atoms with van der Waals surface area (Å²) >= 11 is 0. The molecule has 5 nitrogen and oxygen atoms in total. The summed E-state index contributed by atoms with van der Waals surface area (Å²) in [6.07, 6.45) is 2.16. The summed E-state index contributed by atoms with van der Waals surface area (Å²) in [5.74, 6) is 0.899. The van der Waals surface area contributed by atoms with Gasteiger partial charge in [0.1, 0.15) is 5.60 Å². The first-order chi connectivity index (χ1) is 10.6. The zero-order valence-corrected chi connectivity index (χ0v) is 16.2. The highest BCUT2D eigenvalue weighted by molar-refractivity contribution is 5.67. The summed E-state index contributed by atoms with van der Waals surface area (Å²) in [7, 11) is 0. The van der Waals surface area contributed by atoms with Crippen LogP contribution < -0.4 is 10.6 Å². The molecule has 23 heavy (non-hydrogen) atoms. The molecule has 0 rings (SSSR count). The molecule has 1 atom stereocenters. The van der Waals surface area contributed by atoms with Crippen molar-refractivity contribution in [3.63, 3.8) is 0 Å². The molecule has 0 aromatic heterocycles. The Bertz CT molecular complexity index is 312. The number of ether oxygens (including phenoxy) is 2. The third-order valence-corrected chi connectivity index (χ3v) is 3.46. The molecule has 2 N–H and O–H groups in total. The van der Waals surface area contributed by atoms with Crippen LogP contribution in [-0.2, 0) is 9.47 Å². The first-order valence-corrected chi connectivity index (χ1v) is 8.91. The fourth-order valence-corrected chi connectivity index (χ4v) is 2.03. The third-order valence-electron chi connectivity index (χ3n) is 3.46. The van der Waals surface area contributed by atoms with Gasteiger partial charge in [-0.05, 0) is 72.4 Å². The lowest BCUT2D eigenvalue weighted by atomic mass is 9.96. The van der Waals surface area contributed by atoms with Gasteiger partial charge < -0.3 is 20.1 Å². The molecule has 0 saturated carbocycles. The second kappa shape index (κ2) is 11.7. The van der Waals surface area contributed by atoms with E-state index < -0.39 is 5.60 Å². The van der Waals surface area contributed by atoms with Crippen LogP contribution in [0.4, 0.5) is 4.79 Å². The average molecular weight is 331 g/mol. The molecular formula is C18H38N2O3. The van der Waals surface area contributed by atoms with Crippen molar-refractivity contribution < 1.29 is 14.3 Å². The van der Waals surface area contributed by atoms with E-state index in [1.54, 1.807) is 0 Å². The molecule has 0 heterocycles. The predicted octanol–water partition coefficient (Wildman–Crippen LogP) is 3.58. The maximum absolute atomic E-state index is 11.7. The molecule has 0 fully saturated rings. The zero-order chi connectivity index (χ0) is 17.9. The Balaban J connectivity index is 3.85. The Morgan fingerprint density at radius 1 is 1.04 bits per heavy atom. The molecule has 1 amide bonds. The highest BCUT2D eigenvalue weighted by Crippen LogP contribution is 2.10. The van der Waals surface area contributed by atoms with Gasteiger partial charge in [-0.15, -0.1) is 0 Å². The van der Waals surface area contributed by atoms with E-state index in [2.05, 4.69) is 38.3 Å². The average Bonchev–Trinajstić information content (AvgIpc) is 2.38. The van der Waals surface area contributed by atoms with Gasteiger partial charge in [-0.25, -0.2) is 4.79 Å². The minimum Gasteiger partial charge on any atom is -0.444 e. The first-order valence-electron chi connectivity index (χ1n) is 8.91. The number of alkyl carbamates (subject to hydrolysis) is 1. The van der Waals surface area contributed by atoms with Crippen LogP contribution in [0.2, 0.25) is 0 Å².